The summed E-state index contributed by atoms with van der Waals surface area (Å²) in [4.78, 5) is 11.0. The first kappa shape index (κ1) is 11.7. The number of hydrogen-bond donors (Lipinski definition) is 1. The van der Waals surface area contributed by atoms with Crippen LogP contribution in [0.25, 0.3) is 0 Å². The molecule has 0 bridgehead atoms. The number of carbonyl (C=O) groups is 1. The smallest absolute Gasteiger partial charge is 0.130 e. The van der Waals surface area contributed by atoms with Gasteiger partial charge in [0.15, 0.2) is 0 Å². The summed E-state index contributed by atoms with van der Waals surface area (Å²) in [5.41, 5.74) is -0.362. The predicted molar refractivity (Wildman–Crippen MR) is 57.0 cm³/mol. The molecule has 0 spiro atoms. The van der Waals surface area contributed by atoms with Gasteiger partial charge >= 0.3 is 0 Å². The topological polar surface area (TPSA) is 37.3 Å². The lowest BCUT2D eigenvalue weighted by Gasteiger charge is -2.17. The van der Waals surface area contributed by atoms with Gasteiger partial charge in [-0.2, -0.15) is 0 Å². The molecule has 0 aliphatic heterocycles. The van der Waals surface area contributed by atoms with Crippen molar-refractivity contribution in [1.29, 1.82) is 0 Å². The third-order valence-corrected chi connectivity index (χ3v) is 3.51. The summed E-state index contributed by atoms with van der Waals surface area (Å²) in [6, 6.07) is 0. The Labute approximate surface area is 86.7 Å². The maximum atomic E-state index is 11.0. The Morgan fingerprint density at radius 1 is 1.36 bits per heavy atom. The molecule has 0 saturated heterocycles. The summed E-state index contributed by atoms with van der Waals surface area (Å²) >= 11 is 0. The second-order valence-electron chi connectivity index (χ2n) is 5.96. The van der Waals surface area contributed by atoms with Crippen LogP contribution in [0, 0.1) is 17.3 Å². The summed E-state index contributed by atoms with van der Waals surface area (Å²) in [5, 5.41) is 9.73. The van der Waals surface area contributed by atoms with E-state index < -0.39 is 5.60 Å². The van der Waals surface area contributed by atoms with Gasteiger partial charge in [-0.1, -0.05) is 13.8 Å². The van der Waals surface area contributed by atoms with Crippen LogP contribution in [0.3, 0.4) is 0 Å². The number of ketones is 1. The van der Waals surface area contributed by atoms with E-state index in [0.29, 0.717) is 18.3 Å². The molecule has 1 saturated carbocycles. The van der Waals surface area contributed by atoms with Crippen molar-refractivity contribution < 1.29 is 9.90 Å². The number of Topliss-reactive ketones (excluding diaryl/α,β-unsaturated/α-hetero) is 1. The minimum absolute atomic E-state index is 0.242. The Morgan fingerprint density at radius 2 is 1.86 bits per heavy atom. The second kappa shape index (κ2) is 3.34. The third-order valence-electron chi connectivity index (χ3n) is 3.51. The highest BCUT2D eigenvalue weighted by Crippen LogP contribution is 2.62. The van der Waals surface area contributed by atoms with Gasteiger partial charge < -0.3 is 9.90 Å². The largest absolute Gasteiger partial charge is 0.390 e. The molecule has 2 heteroatoms. The van der Waals surface area contributed by atoms with E-state index >= 15 is 0 Å². The van der Waals surface area contributed by atoms with Gasteiger partial charge in [0.05, 0.1) is 5.60 Å². The number of carbonyl (C=O) groups excluding carboxylic acids is 1. The maximum Gasteiger partial charge on any atom is 0.130 e. The van der Waals surface area contributed by atoms with E-state index in [1.165, 1.54) is 0 Å². The highest BCUT2D eigenvalue weighted by atomic mass is 16.3. The van der Waals surface area contributed by atoms with Crippen molar-refractivity contribution in [3.05, 3.63) is 0 Å². The number of aliphatic hydroxyl groups is 1. The molecule has 0 heterocycles. The van der Waals surface area contributed by atoms with E-state index in [2.05, 4.69) is 13.8 Å². The van der Waals surface area contributed by atoms with Crippen LogP contribution in [-0.2, 0) is 4.79 Å². The zero-order valence-corrected chi connectivity index (χ0v) is 9.92. The molecule has 1 aliphatic rings. The van der Waals surface area contributed by atoms with Gasteiger partial charge in [0.25, 0.3) is 0 Å². The van der Waals surface area contributed by atoms with Gasteiger partial charge in [0, 0.05) is 6.42 Å². The molecule has 1 fully saturated rings. The fourth-order valence-corrected chi connectivity index (χ4v) is 2.52. The van der Waals surface area contributed by atoms with Crippen LogP contribution in [0.1, 0.15) is 47.5 Å². The minimum Gasteiger partial charge on any atom is -0.390 e. The van der Waals surface area contributed by atoms with Crippen molar-refractivity contribution in [2.75, 3.05) is 0 Å². The fraction of sp³-hybridized carbons (Fsp3) is 0.917. The van der Waals surface area contributed by atoms with Crippen LogP contribution in [0.15, 0.2) is 0 Å². The zero-order chi connectivity index (χ0) is 11.1. The number of hydrogen-bond acceptors (Lipinski definition) is 2. The van der Waals surface area contributed by atoms with Crippen LogP contribution < -0.4 is 0 Å². The Morgan fingerprint density at radius 3 is 2.21 bits per heavy atom. The SMILES string of the molecule is CC(=O)CC1C(CC(C)(C)O)C1(C)C. The summed E-state index contributed by atoms with van der Waals surface area (Å²) in [6.45, 7) is 9.71. The van der Waals surface area contributed by atoms with Gasteiger partial charge in [-0.05, 0) is 44.4 Å². The average molecular weight is 198 g/mol. The first-order chi connectivity index (χ1) is 6.14. The van der Waals surface area contributed by atoms with E-state index in [1.54, 1.807) is 6.92 Å². The molecule has 82 valence electrons. The second-order valence-corrected chi connectivity index (χ2v) is 5.96. The lowest BCUT2D eigenvalue weighted by Crippen LogP contribution is -2.20. The highest BCUT2D eigenvalue weighted by Gasteiger charge is 2.58. The zero-order valence-electron chi connectivity index (χ0n) is 9.92. The summed E-state index contributed by atoms with van der Waals surface area (Å²) in [7, 11) is 0. The predicted octanol–water partition coefficient (Wildman–Crippen LogP) is 2.40. The Balaban J connectivity index is 2.53. The Bertz CT molecular complexity index is 235. The van der Waals surface area contributed by atoms with Crippen LogP contribution in [0.4, 0.5) is 0 Å². The summed E-state index contributed by atoms with van der Waals surface area (Å²) in [5.74, 6) is 1.25. The molecule has 14 heavy (non-hydrogen) atoms. The quantitative estimate of drug-likeness (QED) is 0.753. The van der Waals surface area contributed by atoms with E-state index in [1.807, 2.05) is 13.8 Å². The van der Waals surface area contributed by atoms with Gasteiger partial charge in [-0.15, -0.1) is 0 Å². The molecule has 2 unspecified atom stereocenters. The molecule has 0 aromatic heterocycles. The van der Waals surface area contributed by atoms with Crippen molar-refractivity contribution in [2.24, 2.45) is 17.3 Å². The molecule has 2 atom stereocenters. The summed E-state index contributed by atoms with van der Waals surface area (Å²) in [6.07, 6.45) is 1.48. The van der Waals surface area contributed by atoms with Gasteiger partial charge in [0.2, 0.25) is 0 Å². The highest BCUT2D eigenvalue weighted by molar-refractivity contribution is 5.76. The van der Waals surface area contributed by atoms with Crippen LogP contribution in [0.5, 0.6) is 0 Å². The van der Waals surface area contributed by atoms with Crippen LogP contribution in [-0.4, -0.2) is 16.5 Å². The normalized spacial score (nSPS) is 30.1. The van der Waals surface area contributed by atoms with Gasteiger partial charge in [0.1, 0.15) is 5.78 Å². The monoisotopic (exact) mass is 198 g/mol. The van der Waals surface area contributed by atoms with Crippen molar-refractivity contribution in [3.63, 3.8) is 0 Å². The van der Waals surface area contributed by atoms with E-state index in [4.69, 9.17) is 0 Å². The van der Waals surface area contributed by atoms with Crippen molar-refractivity contribution in [3.8, 4) is 0 Å². The van der Waals surface area contributed by atoms with Crippen molar-refractivity contribution in [2.45, 2.75) is 53.1 Å². The molecule has 0 radical (unpaired) electrons. The Hall–Kier alpha value is -0.370. The first-order valence-electron chi connectivity index (χ1n) is 5.36. The molecular formula is C12H22O2. The lowest BCUT2D eigenvalue weighted by molar-refractivity contribution is -0.117. The molecule has 0 amide bonds. The minimum atomic E-state index is -0.604. The maximum absolute atomic E-state index is 11.0. The first-order valence-corrected chi connectivity index (χ1v) is 5.36. The molecule has 0 aromatic carbocycles. The number of rotatable bonds is 4. The Kier molecular flexibility index (Phi) is 2.79. The molecule has 1 N–H and O–H groups in total. The molecular weight excluding hydrogens is 176 g/mol. The van der Waals surface area contributed by atoms with Crippen molar-refractivity contribution >= 4 is 5.78 Å². The van der Waals surface area contributed by atoms with Crippen molar-refractivity contribution in [1.82, 2.24) is 0 Å². The molecule has 2 nitrogen and oxygen atoms in total. The van der Waals surface area contributed by atoms with E-state index in [0.717, 1.165) is 6.42 Å². The van der Waals surface area contributed by atoms with Crippen LogP contribution >= 0.6 is 0 Å². The molecule has 0 aromatic rings. The van der Waals surface area contributed by atoms with Crippen LogP contribution in [0.2, 0.25) is 0 Å². The summed E-state index contributed by atoms with van der Waals surface area (Å²) < 4.78 is 0. The molecule has 1 rings (SSSR count). The molecule has 1 aliphatic carbocycles. The fourth-order valence-electron chi connectivity index (χ4n) is 2.52. The van der Waals surface area contributed by atoms with E-state index in [9.17, 15) is 9.90 Å². The lowest BCUT2D eigenvalue weighted by atomic mass is 9.97. The standard InChI is InChI=1S/C12H22O2/c1-8(13)6-9-10(12(9,4)5)7-11(2,3)14/h9-10,14H,6-7H2,1-5H3. The third kappa shape index (κ3) is 2.57. The average Bonchev–Trinajstić information content (AvgIpc) is 2.34. The van der Waals surface area contributed by atoms with Gasteiger partial charge in [-0.3, -0.25) is 0 Å². The van der Waals surface area contributed by atoms with E-state index in [-0.39, 0.29) is 11.2 Å². The van der Waals surface area contributed by atoms with Gasteiger partial charge in [-0.25, -0.2) is 0 Å².